The van der Waals surface area contributed by atoms with Gasteiger partial charge in [0.05, 0.1) is 7.11 Å². The van der Waals surface area contributed by atoms with Gasteiger partial charge in [-0.15, -0.1) is 11.3 Å². The molecule has 0 aliphatic rings. The Hall–Kier alpha value is -1.79. The van der Waals surface area contributed by atoms with Crippen molar-refractivity contribution in [2.45, 2.75) is 12.6 Å². The molecule has 106 valence electrons. The molecule has 2 aromatic rings. The molecule has 1 aromatic carbocycles. The molecule has 0 saturated heterocycles. The number of esters is 1. The summed E-state index contributed by atoms with van der Waals surface area (Å²) < 4.78 is 31.2. The van der Waals surface area contributed by atoms with E-state index >= 15 is 0 Å². The van der Waals surface area contributed by atoms with Crippen molar-refractivity contribution in [1.29, 1.82) is 0 Å². The molecule has 1 atom stereocenters. The zero-order chi connectivity index (χ0) is 14.5. The van der Waals surface area contributed by atoms with E-state index in [2.05, 4.69) is 10.1 Å². The number of methoxy groups -OCH3 is 1. The van der Waals surface area contributed by atoms with Crippen molar-refractivity contribution >= 4 is 17.3 Å². The molecule has 3 nitrogen and oxygen atoms in total. The molecule has 6 heteroatoms. The summed E-state index contributed by atoms with van der Waals surface area (Å²) in [6.45, 7) is 0.412. The highest BCUT2D eigenvalue weighted by molar-refractivity contribution is 7.09. The van der Waals surface area contributed by atoms with Gasteiger partial charge in [0.1, 0.15) is 17.7 Å². The van der Waals surface area contributed by atoms with E-state index in [1.165, 1.54) is 18.4 Å². The number of rotatable bonds is 5. The van der Waals surface area contributed by atoms with Crippen LogP contribution in [0.3, 0.4) is 0 Å². The van der Waals surface area contributed by atoms with Crippen LogP contribution in [0.25, 0.3) is 0 Å². The Bertz CT molecular complexity index is 567. The zero-order valence-corrected chi connectivity index (χ0v) is 11.5. The lowest BCUT2D eigenvalue weighted by Gasteiger charge is -2.16. The fraction of sp³-hybridized carbons (Fsp3) is 0.214. The van der Waals surface area contributed by atoms with Crippen molar-refractivity contribution in [3.63, 3.8) is 0 Å². The molecule has 20 heavy (non-hydrogen) atoms. The third kappa shape index (κ3) is 3.61. The van der Waals surface area contributed by atoms with E-state index in [9.17, 15) is 13.6 Å². The lowest BCUT2D eigenvalue weighted by molar-refractivity contribution is -0.143. The molecule has 0 fully saturated rings. The van der Waals surface area contributed by atoms with Gasteiger partial charge in [0.25, 0.3) is 0 Å². The number of hydrogen-bond donors (Lipinski definition) is 1. The summed E-state index contributed by atoms with van der Waals surface area (Å²) in [6, 6.07) is 5.87. The van der Waals surface area contributed by atoms with Gasteiger partial charge in [-0.05, 0) is 29.1 Å². The van der Waals surface area contributed by atoms with Crippen molar-refractivity contribution in [2.75, 3.05) is 7.11 Å². The van der Waals surface area contributed by atoms with Crippen LogP contribution in [0.2, 0.25) is 0 Å². The summed E-state index contributed by atoms with van der Waals surface area (Å²) in [5, 5.41) is 4.85. The largest absolute Gasteiger partial charge is 0.468 e. The molecular formula is C14H13F2NO2S. The van der Waals surface area contributed by atoms with Gasteiger partial charge in [0, 0.05) is 17.5 Å². The molecule has 1 N–H and O–H groups in total. The summed E-state index contributed by atoms with van der Waals surface area (Å²) in [6.07, 6.45) is 0. The molecule has 0 spiro atoms. The average Bonchev–Trinajstić information content (AvgIpc) is 2.90. The van der Waals surface area contributed by atoms with E-state index in [0.29, 0.717) is 6.54 Å². The molecule has 0 bridgehead atoms. The quantitative estimate of drug-likeness (QED) is 0.862. The smallest absolute Gasteiger partial charge is 0.327 e. The number of ether oxygens (including phenoxy) is 1. The maximum Gasteiger partial charge on any atom is 0.327 e. The Morgan fingerprint density at radius 3 is 2.60 bits per heavy atom. The first kappa shape index (κ1) is 14.6. The number of nitrogens with one attached hydrogen (secondary N) is 1. The number of carbonyl (C=O) groups is 1. The summed E-state index contributed by atoms with van der Waals surface area (Å²) in [5.74, 6) is -2.05. The third-order valence-corrected chi connectivity index (χ3v) is 3.59. The van der Waals surface area contributed by atoms with Crippen molar-refractivity contribution in [1.82, 2.24) is 5.32 Å². The Balaban J connectivity index is 2.20. The maximum absolute atomic E-state index is 13.3. The summed E-state index contributed by atoms with van der Waals surface area (Å²) >= 11 is 1.52. The van der Waals surface area contributed by atoms with Crippen LogP contribution in [-0.2, 0) is 16.1 Å². The van der Waals surface area contributed by atoms with E-state index < -0.39 is 23.6 Å². The van der Waals surface area contributed by atoms with Crippen molar-refractivity contribution in [3.8, 4) is 0 Å². The van der Waals surface area contributed by atoms with Crippen LogP contribution in [0.15, 0.2) is 35.7 Å². The van der Waals surface area contributed by atoms with Crippen molar-refractivity contribution in [3.05, 3.63) is 57.8 Å². The Labute approximate surface area is 119 Å². The minimum absolute atomic E-state index is 0.200. The van der Waals surface area contributed by atoms with Gasteiger partial charge in [0.15, 0.2) is 0 Å². The van der Waals surface area contributed by atoms with Crippen LogP contribution >= 0.6 is 11.3 Å². The highest BCUT2D eigenvalue weighted by Crippen LogP contribution is 2.19. The summed E-state index contributed by atoms with van der Waals surface area (Å²) in [4.78, 5) is 12.8. The van der Waals surface area contributed by atoms with E-state index in [4.69, 9.17) is 0 Å². The predicted octanol–water partition coefficient (Wildman–Crippen LogP) is 3.03. The number of benzene rings is 1. The molecule has 1 aromatic heterocycles. The average molecular weight is 297 g/mol. The van der Waals surface area contributed by atoms with Gasteiger partial charge in [0.2, 0.25) is 0 Å². The van der Waals surface area contributed by atoms with E-state index in [0.717, 1.165) is 23.1 Å². The molecule has 0 radical (unpaired) electrons. The highest BCUT2D eigenvalue weighted by atomic mass is 32.1. The van der Waals surface area contributed by atoms with E-state index in [1.54, 1.807) is 0 Å². The molecule has 0 aliphatic carbocycles. The van der Waals surface area contributed by atoms with Gasteiger partial charge in [-0.1, -0.05) is 6.07 Å². The first-order valence-corrected chi connectivity index (χ1v) is 6.77. The number of thiophene rings is 1. The minimum atomic E-state index is -0.910. The molecule has 0 amide bonds. The predicted molar refractivity (Wildman–Crippen MR) is 72.3 cm³/mol. The summed E-state index contributed by atoms with van der Waals surface area (Å²) in [5.41, 5.74) is 0.200. The van der Waals surface area contributed by atoms with Gasteiger partial charge in [-0.2, -0.15) is 0 Å². The molecule has 1 unspecified atom stereocenters. The van der Waals surface area contributed by atoms with Crippen LogP contribution in [0.4, 0.5) is 8.78 Å². The molecule has 2 rings (SSSR count). The topological polar surface area (TPSA) is 38.3 Å². The fourth-order valence-corrected chi connectivity index (χ4v) is 2.47. The van der Waals surface area contributed by atoms with Gasteiger partial charge in [-0.25, -0.2) is 13.6 Å². The van der Waals surface area contributed by atoms with Crippen LogP contribution in [-0.4, -0.2) is 13.1 Å². The number of halogens is 2. The van der Waals surface area contributed by atoms with Gasteiger partial charge < -0.3 is 4.74 Å². The Morgan fingerprint density at radius 2 is 2.05 bits per heavy atom. The van der Waals surface area contributed by atoms with Gasteiger partial charge in [-0.3, -0.25) is 5.32 Å². The monoisotopic (exact) mass is 297 g/mol. The van der Waals surface area contributed by atoms with Crippen LogP contribution in [0.1, 0.15) is 16.5 Å². The van der Waals surface area contributed by atoms with Crippen LogP contribution < -0.4 is 5.32 Å². The molecule has 0 saturated carbocycles. The SMILES string of the molecule is COC(=O)C(NCc1cccs1)c1cc(F)cc(F)c1. The number of carbonyl (C=O) groups excluding carboxylic acids is 1. The lowest BCUT2D eigenvalue weighted by Crippen LogP contribution is -2.29. The van der Waals surface area contributed by atoms with Gasteiger partial charge >= 0.3 is 5.97 Å². The Kier molecular flexibility index (Phi) is 4.81. The van der Waals surface area contributed by atoms with Crippen LogP contribution in [0.5, 0.6) is 0 Å². The van der Waals surface area contributed by atoms with Crippen molar-refractivity contribution < 1.29 is 18.3 Å². The third-order valence-electron chi connectivity index (χ3n) is 2.72. The van der Waals surface area contributed by atoms with Crippen molar-refractivity contribution in [2.24, 2.45) is 0 Å². The molecular weight excluding hydrogens is 284 g/mol. The van der Waals surface area contributed by atoms with E-state index in [1.807, 2.05) is 17.5 Å². The molecule has 1 heterocycles. The second-order valence-corrected chi connectivity index (χ2v) is 5.15. The molecule has 0 aliphatic heterocycles. The van der Waals surface area contributed by atoms with Crippen LogP contribution in [0, 0.1) is 11.6 Å². The zero-order valence-electron chi connectivity index (χ0n) is 10.7. The normalized spacial score (nSPS) is 12.2. The standard InChI is InChI=1S/C14H13F2NO2S/c1-19-14(18)13(17-8-12-3-2-4-20-12)9-5-10(15)7-11(16)6-9/h2-7,13,17H,8H2,1H3. The Morgan fingerprint density at radius 1 is 1.35 bits per heavy atom. The first-order valence-electron chi connectivity index (χ1n) is 5.89. The number of hydrogen-bond acceptors (Lipinski definition) is 4. The fourth-order valence-electron chi connectivity index (χ4n) is 1.81. The minimum Gasteiger partial charge on any atom is -0.468 e. The first-order chi connectivity index (χ1) is 9.60. The second-order valence-electron chi connectivity index (χ2n) is 4.12. The maximum atomic E-state index is 13.3. The van der Waals surface area contributed by atoms with E-state index in [-0.39, 0.29) is 5.56 Å². The lowest BCUT2D eigenvalue weighted by atomic mass is 10.1. The highest BCUT2D eigenvalue weighted by Gasteiger charge is 2.22. The second kappa shape index (κ2) is 6.58. The summed E-state index contributed by atoms with van der Waals surface area (Å²) in [7, 11) is 1.23.